The first-order chi connectivity index (χ1) is 5.25. The number of nitrogen functional groups attached to an aromatic ring is 1. The van der Waals surface area contributed by atoms with Gasteiger partial charge in [-0.2, -0.15) is 0 Å². The SMILES string of the molecule is Cc1ccc2sc(N)nc2n1. The van der Waals surface area contributed by atoms with Gasteiger partial charge in [-0.1, -0.05) is 11.3 Å². The molecule has 0 radical (unpaired) electrons. The van der Waals surface area contributed by atoms with Crippen LogP contribution in [0.2, 0.25) is 0 Å². The summed E-state index contributed by atoms with van der Waals surface area (Å²) in [5.41, 5.74) is 7.24. The van der Waals surface area contributed by atoms with Crippen LogP contribution in [-0.2, 0) is 0 Å². The zero-order chi connectivity index (χ0) is 7.84. The molecule has 0 aliphatic heterocycles. The number of aromatic nitrogens is 2. The van der Waals surface area contributed by atoms with Gasteiger partial charge in [0.2, 0.25) is 0 Å². The van der Waals surface area contributed by atoms with Crippen LogP contribution in [0, 0.1) is 6.92 Å². The quantitative estimate of drug-likeness (QED) is 0.644. The molecule has 11 heavy (non-hydrogen) atoms. The summed E-state index contributed by atoms with van der Waals surface area (Å²) in [6, 6.07) is 3.95. The minimum absolute atomic E-state index is 0.582. The molecule has 0 aliphatic carbocycles. The van der Waals surface area contributed by atoms with Crippen molar-refractivity contribution in [3.63, 3.8) is 0 Å². The fraction of sp³-hybridized carbons (Fsp3) is 0.143. The molecule has 2 rings (SSSR count). The third-order valence-corrected chi connectivity index (χ3v) is 2.25. The van der Waals surface area contributed by atoms with E-state index < -0.39 is 0 Å². The summed E-state index contributed by atoms with van der Waals surface area (Å²) in [5.74, 6) is 0. The maximum absolute atomic E-state index is 5.51. The minimum atomic E-state index is 0.582. The lowest BCUT2D eigenvalue weighted by Crippen LogP contribution is -1.82. The Morgan fingerprint density at radius 3 is 3.00 bits per heavy atom. The van der Waals surface area contributed by atoms with Gasteiger partial charge in [0, 0.05) is 5.69 Å². The van der Waals surface area contributed by atoms with E-state index in [1.807, 2.05) is 19.1 Å². The van der Waals surface area contributed by atoms with Crippen LogP contribution in [0.5, 0.6) is 0 Å². The van der Waals surface area contributed by atoms with E-state index in [1.165, 1.54) is 11.3 Å². The number of fused-ring (bicyclic) bond motifs is 1. The van der Waals surface area contributed by atoms with Crippen LogP contribution in [0.1, 0.15) is 5.69 Å². The van der Waals surface area contributed by atoms with Gasteiger partial charge in [0.1, 0.15) is 0 Å². The lowest BCUT2D eigenvalue weighted by Gasteiger charge is -1.87. The molecule has 0 aromatic carbocycles. The lowest BCUT2D eigenvalue weighted by atomic mass is 10.4. The zero-order valence-corrected chi connectivity index (χ0v) is 6.85. The predicted octanol–water partition coefficient (Wildman–Crippen LogP) is 1.58. The molecule has 0 aliphatic rings. The summed E-state index contributed by atoms with van der Waals surface area (Å²) in [7, 11) is 0. The van der Waals surface area contributed by atoms with Crippen molar-refractivity contribution in [2.75, 3.05) is 5.73 Å². The fourth-order valence-electron chi connectivity index (χ4n) is 0.930. The van der Waals surface area contributed by atoms with E-state index in [2.05, 4.69) is 9.97 Å². The normalized spacial score (nSPS) is 10.6. The van der Waals surface area contributed by atoms with Gasteiger partial charge in [-0.15, -0.1) is 0 Å². The van der Waals surface area contributed by atoms with Gasteiger partial charge >= 0.3 is 0 Å². The summed E-state index contributed by atoms with van der Waals surface area (Å²) in [4.78, 5) is 8.27. The number of rotatable bonds is 0. The monoisotopic (exact) mass is 165 g/mol. The highest BCUT2D eigenvalue weighted by Crippen LogP contribution is 2.21. The highest BCUT2D eigenvalue weighted by atomic mass is 32.1. The summed E-state index contributed by atoms with van der Waals surface area (Å²) >= 11 is 1.46. The second-order valence-corrected chi connectivity index (χ2v) is 3.39. The first-order valence-electron chi connectivity index (χ1n) is 3.25. The number of pyridine rings is 1. The van der Waals surface area contributed by atoms with Crippen molar-refractivity contribution in [2.45, 2.75) is 6.92 Å². The molecular weight excluding hydrogens is 158 g/mol. The lowest BCUT2D eigenvalue weighted by molar-refractivity contribution is 1.22. The van der Waals surface area contributed by atoms with E-state index in [9.17, 15) is 0 Å². The molecule has 56 valence electrons. The summed E-state index contributed by atoms with van der Waals surface area (Å²) in [6.07, 6.45) is 0. The van der Waals surface area contributed by atoms with E-state index >= 15 is 0 Å². The molecule has 2 heterocycles. The average molecular weight is 165 g/mol. The molecule has 0 atom stereocenters. The van der Waals surface area contributed by atoms with E-state index in [0.717, 1.165) is 16.0 Å². The summed E-state index contributed by atoms with van der Waals surface area (Å²) in [6.45, 7) is 1.94. The third kappa shape index (κ3) is 1.05. The molecule has 0 unspecified atom stereocenters. The molecule has 0 saturated carbocycles. The molecule has 0 spiro atoms. The Morgan fingerprint density at radius 2 is 2.18 bits per heavy atom. The van der Waals surface area contributed by atoms with Crippen molar-refractivity contribution in [1.29, 1.82) is 0 Å². The van der Waals surface area contributed by atoms with Gasteiger partial charge in [-0.25, -0.2) is 9.97 Å². The average Bonchev–Trinajstić information content (AvgIpc) is 2.27. The molecule has 0 bridgehead atoms. The molecule has 2 aromatic rings. The number of hydrogen-bond acceptors (Lipinski definition) is 4. The molecule has 2 N–H and O–H groups in total. The van der Waals surface area contributed by atoms with E-state index in [0.29, 0.717) is 5.13 Å². The number of hydrogen-bond donors (Lipinski definition) is 1. The molecule has 0 fully saturated rings. The van der Waals surface area contributed by atoms with Gasteiger partial charge in [-0.3, -0.25) is 0 Å². The maximum Gasteiger partial charge on any atom is 0.182 e. The largest absolute Gasteiger partial charge is 0.375 e. The number of thiazole rings is 1. The summed E-state index contributed by atoms with van der Waals surface area (Å²) in [5, 5.41) is 0.582. The Labute approximate surface area is 67.9 Å². The van der Waals surface area contributed by atoms with E-state index in [1.54, 1.807) is 0 Å². The smallest absolute Gasteiger partial charge is 0.182 e. The Bertz CT molecular complexity index is 393. The van der Waals surface area contributed by atoms with Crippen LogP contribution in [-0.4, -0.2) is 9.97 Å². The summed E-state index contributed by atoms with van der Waals surface area (Å²) < 4.78 is 1.05. The van der Waals surface area contributed by atoms with Gasteiger partial charge < -0.3 is 5.73 Å². The van der Waals surface area contributed by atoms with Crippen LogP contribution in [0.4, 0.5) is 5.13 Å². The Balaban J connectivity index is 2.82. The predicted molar refractivity (Wildman–Crippen MR) is 46.6 cm³/mol. The molecule has 3 nitrogen and oxygen atoms in total. The molecule has 0 saturated heterocycles. The zero-order valence-electron chi connectivity index (χ0n) is 6.03. The molecule has 0 amide bonds. The highest BCUT2D eigenvalue weighted by molar-refractivity contribution is 7.21. The number of anilines is 1. The van der Waals surface area contributed by atoms with Crippen molar-refractivity contribution in [2.24, 2.45) is 0 Å². The van der Waals surface area contributed by atoms with Crippen LogP contribution < -0.4 is 5.73 Å². The first-order valence-corrected chi connectivity index (χ1v) is 4.07. The van der Waals surface area contributed by atoms with Crippen LogP contribution in [0.15, 0.2) is 12.1 Å². The second-order valence-electron chi connectivity index (χ2n) is 2.33. The number of nitrogens with zero attached hydrogens (tertiary/aromatic N) is 2. The molecule has 4 heteroatoms. The fourth-order valence-corrected chi connectivity index (χ4v) is 1.61. The Kier molecular flexibility index (Phi) is 1.29. The Morgan fingerprint density at radius 1 is 1.36 bits per heavy atom. The number of nitrogens with two attached hydrogens (primary N) is 1. The van der Waals surface area contributed by atoms with E-state index in [-0.39, 0.29) is 0 Å². The standard InChI is InChI=1S/C7H7N3S/c1-4-2-3-5-6(9-4)10-7(8)11-5/h2-3H,1H3,(H2,8,9,10). The first kappa shape index (κ1) is 6.54. The van der Waals surface area contributed by atoms with Crippen LogP contribution in [0.25, 0.3) is 10.3 Å². The second kappa shape index (κ2) is 2.17. The maximum atomic E-state index is 5.51. The van der Waals surface area contributed by atoms with E-state index in [4.69, 9.17) is 5.73 Å². The van der Waals surface area contributed by atoms with Crippen molar-refractivity contribution < 1.29 is 0 Å². The van der Waals surface area contributed by atoms with Gasteiger partial charge in [0.25, 0.3) is 0 Å². The van der Waals surface area contributed by atoms with Crippen molar-refractivity contribution in [3.05, 3.63) is 17.8 Å². The van der Waals surface area contributed by atoms with Crippen LogP contribution >= 0.6 is 11.3 Å². The highest BCUT2D eigenvalue weighted by Gasteiger charge is 2.00. The third-order valence-electron chi connectivity index (χ3n) is 1.41. The van der Waals surface area contributed by atoms with Gasteiger partial charge in [0.15, 0.2) is 10.8 Å². The minimum Gasteiger partial charge on any atom is -0.375 e. The van der Waals surface area contributed by atoms with Crippen molar-refractivity contribution in [1.82, 2.24) is 9.97 Å². The topological polar surface area (TPSA) is 51.8 Å². The van der Waals surface area contributed by atoms with Gasteiger partial charge in [-0.05, 0) is 19.1 Å². The van der Waals surface area contributed by atoms with Gasteiger partial charge in [0.05, 0.1) is 4.70 Å². The van der Waals surface area contributed by atoms with Crippen molar-refractivity contribution >= 4 is 26.8 Å². The van der Waals surface area contributed by atoms with Crippen molar-refractivity contribution in [3.8, 4) is 0 Å². The Hall–Kier alpha value is -1.16. The molecule has 2 aromatic heterocycles. The van der Waals surface area contributed by atoms with Crippen LogP contribution in [0.3, 0.4) is 0 Å². The molecular formula is C7H7N3S. The number of aryl methyl sites for hydroxylation is 1.